The average molecular weight is 485 g/mol. The van der Waals surface area contributed by atoms with Gasteiger partial charge in [0, 0.05) is 19.3 Å². The Balaban J connectivity index is 0.000000232. The van der Waals surface area contributed by atoms with Crippen LogP contribution < -0.4 is 5.32 Å². The van der Waals surface area contributed by atoms with Crippen molar-refractivity contribution in [2.45, 2.75) is 18.9 Å². The third-order valence-corrected chi connectivity index (χ3v) is 4.66. The Morgan fingerprint density at radius 1 is 0.933 bits per heavy atom. The number of hydrogen-bond acceptors (Lipinski definition) is 6. The highest BCUT2D eigenvalue weighted by molar-refractivity contribution is 6.34. The van der Waals surface area contributed by atoms with E-state index in [0.717, 1.165) is 25.0 Å². The zero-order valence-electron chi connectivity index (χ0n) is 15.0. The Labute approximate surface area is 183 Å². The van der Waals surface area contributed by atoms with E-state index in [-0.39, 0.29) is 27.7 Å². The van der Waals surface area contributed by atoms with Gasteiger partial charge in [-0.1, -0.05) is 34.8 Å². The van der Waals surface area contributed by atoms with Gasteiger partial charge < -0.3 is 20.3 Å². The van der Waals surface area contributed by atoms with E-state index in [1.54, 1.807) is 0 Å². The van der Waals surface area contributed by atoms with Gasteiger partial charge in [-0.25, -0.2) is 28.3 Å². The first-order valence-corrected chi connectivity index (χ1v) is 9.42. The minimum Gasteiger partial charge on any atom is -0.478 e. The lowest BCUT2D eigenvalue weighted by Gasteiger charge is -2.24. The Kier molecular flexibility index (Phi) is 8.54. The predicted octanol–water partition coefficient (Wildman–Crippen LogP) is 4.39. The highest BCUT2D eigenvalue weighted by Gasteiger charge is 2.20. The molecule has 3 rings (SSSR count). The molecule has 0 spiro atoms. The smallest absolute Gasteiger partial charge is 0.339 e. The maximum atomic E-state index is 13.2. The van der Waals surface area contributed by atoms with E-state index in [1.807, 2.05) is 0 Å². The predicted molar refractivity (Wildman–Crippen MR) is 105 cm³/mol. The molecule has 2 aromatic rings. The fraction of sp³-hybridized carbons (Fsp3) is 0.294. The number of halogens is 5. The van der Waals surface area contributed by atoms with E-state index in [9.17, 15) is 18.4 Å². The number of carboxylic acids is 2. The minimum atomic E-state index is -1.34. The first kappa shape index (κ1) is 24.0. The van der Waals surface area contributed by atoms with Crippen LogP contribution in [0.4, 0.5) is 14.6 Å². The van der Waals surface area contributed by atoms with Crippen molar-refractivity contribution in [3.8, 4) is 0 Å². The monoisotopic (exact) mass is 483 g/mol. The molecule has 3 N–H and O–H groups in total. The molecule has 1 aliphatic heterocycles. The van der Waals surface area contributed by atoms with Crippen LogP contribution in [0.3, 0.4) is 0 Å². The Hall–Kier alpha value is -2.27. The number of aromatic nitrogens is 2. The molecule has 30 heavy (non-hydrogen) atoms. The number of rotatable bonds is 4. The molecule has 3 heterocycles. The number of ether oxygens (including phenoxy) is 1. The molecular formula is C17H14Cl3F2N3O5. The molecule has 1 saturated heterocycles. The second-order valence-corrected chi connectivity index (χ2v) is 6.97. The van der Waals surface area contributed by atoms with Gasteiger partial charge in [-0.2, -0.15) is 0 Å². The second kappa shape index (κ2) is 10.7. The van der Waals surface area contributed by atoms with Gasteiger partial charge in [0.25, 0.3) is 0 Å². The number of carbonyl (C=O) groups is 2. The molecule has 1 aliphatic rings. The number of aromatic carboxylic acids is 2. The fourth-order valence-corrected chi connectivity index (χ4v) is 2.91. The van der Waals surface area contributed by atoms with E-state index >= 15 is 0 Å². The first-order chi connectivity index (χ1) is 14.1. The van der Waals surface area contributed by atoms with Crippen molar-refractivity contribution >= 4 is 52.6 Å². The average Bonchev–Trinajstić information content (AvgIpc) is 2.68. The molecule has 13 heteroatoms. The molecule has 0 amide bonds. The molecule has 0 radical (unpaired) electrons. The summed E-state index contributed by atoms with van der Waals surface area (Å²) >= 11 is 16.1. The van der Waals surface area contributed by atoms with Gasteiger partial charge in [0.2, 0.25) is 0 Å². The van der Waals surface area contributed by atoms with Crippen LogP contribution in [-0.4, -0.2) is 51.4 Å². The number of nitrogens with zero attached hydrogens (tertiary/aromatic N) is 2. The standard InChI is InChI=1S/C11H12ClFN2O3.C6H2Cl2FNO2/c12-9-8(13)5-7(11(16)17)10(15-9)14-6-1-3-18-4-2-6;7-4-2(6(11)12)1-3(9)5(8)10-4/h5-6H,1-4H2,(H,14,15)(H,16,17);1H,(H,11,12). The van der Waals surface area contributed by atoms with Crippen LogP contribution in [0.15, 0.2) is 12.1 Å². The third kappa shape index (κ3) is 6.36. The van der Waals surface area contributed by atoms with Crippen LogP contribution in [0.5, 0.6) is 0 Å². The molecule has 2 aromatic heterocycles. The normalized spacial score (nSPS) is 13.9. The van der Waals surface area contributed by atoms with Gasteiger partial charge in [-0.15, -0.1) is 0 Å². The molecule has 162 valence electrons. The van der Waals surface area contributed by atoms with E-state index in [1.165, 1.54) is 0 Å². The largest absolute Gasteiger partial charge is 0.478 e. The fourth-order valence-electron chi connectivity index (χ4n) is 2.37. The zero-order valence-corrected chi connectivity index (χ0v) is 17.2. The number of nitrogens with one attached hydrogen (secondary N) is 1. The molecule has 1 fully saturated rings. The number of anilines is 1. The van der Waals surface area contributed by atoms with Crippen LogP contribution >= 0.6 is 34.8 Å². The van der Waals surface area contributed by atoms with Gasteiger partial charge >= 0.3 is 11.9 Å². The van der Waals surface area contributed by atoms with Gasteiger partial charge in [0.05, 0.1) is 5.56 Å². The van der Waals surface area contributed by atoms with Gasteiger partial charge in [-0.05, 0) is 25.0 Å². The van der Waals surface area contributed by atoms with Gasteiger partial charge in [0.1, 0.15) is 16.5 Å². The lowest BCUT2D eigenvalue weighted by molar-refractivity contribution is 0.0685. The van der Waals surface area contributed by atoms with Crippen molar-refractivity contribution in [2.24, 2.45) is 0 Å². The topological polar surface area (TPSA) is 122 Å². The molecule has 0 saturated carbocycles. The quantitative estimate of drug-likeness (QED) is 0.546. The maximum absolute atomic E-state index is 13.2. The van der Waals surface area contributed by atoms with Gasteiger partial charge in [0.15, 0.2) is 21.9 Å². The number of carboxylic acid groups (broad SMARTS) is 2. The number of pyridine rings is 2. The van der Waals surface area contributed by atoms with Crippen molar-refractivity contribution in [1.82, 2.24) is 9.97 Å². The van der Waals surface area contributed by atoms with Crippen molar-refractivity contribution in [3.05, 3.63) is 50.4 Å². The summed E-state index contributed by atoms with van der Waals surface area (Å²) in [7, 11) is 0. The zero-order chi connectivity index (χ0) is 22.4. The number of hydrogen-bond donors (Lipinski definition) is 3. The Morgan fingerprint density at radius 3 is 1.97 bits per heavy atom. The van der Waals surface area contributed by atoms with Gasteiger partial charge in [-0.3, -0.25) is 0 Å². The molecule has 0 bridgehead atoms. The molecule has 0 aliphatic carbocycles. The molecule has 8 nitrogen and oxygen atoms in total. The summed E-state index contributed by atoms with van der Waals surface area (Å²) in [6.45, 7) is 1.21. The summed E-state index contributed by atoms with van der Waals surface area (Å²) in [6, 6.07) is 1.66. The summed E-state index contributed by atoms with van der Waals surface area (Å²) in [6.07, 6.45) is 1.49. The van der Waals surface area contributed by atoms with Crippen LogP contribution in [0, 0.1) is 11.6 Å². The Bertz CT molecular complexity index is 959. The summed E-state index contributed by atoms with van der Waals surface area (Å²) in [5.74, 6) is -4.23. The van der Waals surface area contributed by atoms with Crippen molar-refractivity contribution in [3.63, 3.8) is 0 Å². The minimum absolute atomic E-state index is 0.0610. The van der Waals surface area contributed by atoms with Crippen molar-refractivity contribution in [1.29, 1.82) is 0 Å². The van der Waals surface area contributed by atoms with Crippen LogP contribution in [0.25, 0.3) is 0 Å². The van der Waals surface area contributed by atoms with E-state index < -0.39 is 34.3 Å². The highest BCUT2D eigenvalue weighted by Crippen LogP contribution is 2.23. The molecule has 0 aromatic carbocycles. The summed E-state index contributed by atoms with van der Waals surface area (Å²) in [4.78, 5) is 28.4. The SMILES string of the molecule is O=C(O)c1cc(F)c(Cl)nc1Cl.O=C(O)c1cc(F)c(Cl)nc1NC1CCOCC1. The Morgan fingerprint density at radius 2 is 1.43 bits per heavy atom. The lowest BCUT2D eigenvalue weighted by Crippen LogP contribution is -2.29. The highest BCUT2D eigenvalue weighted by atomic mass is 35.5. The molecular weight excluding hydrogens is 471 g/mol. The first-order valence-electron chi connectivity index (χ1n) is 8.28. The van der Waals surface area contributed by atoms with E-state index in [0.29, 0.717) is 13.2 Å². The molecule has 0 unspecified atom stereocenters. The third-order valence-electron chi connectivity index (χ3n) is 3.84. The summed E-state index contributed by atoms with van der Waals surface area (Å²) < 4.78 is 31.0. The lowest BCUT2D eigenvalue weighted by atomic mass is 10.1. The van der Waals surface area contributed by atoms with Crippen molar-refractivity contribution < 1.29 is 33.3 Å². The van der Waals surface area contributed by atoms with Crippen molar-refractivity contribution in [2.75, 3.05) is 18.5 Å². The van der Waals surface area contributed by atoms with E-state index in [4.69, 9.17) is 49.8 Å². The summed E-state index contributed by atoms with van der Waals surface area (Å²) in [5.41, 5.74) is -0.623. The van der Waals surface area contributed by atoms with Crippen LogP contribution in [0.2, 0.25) is 15.5 Å². The van der Waals surface area contributed by atoms with E-state index in [2.05, 4.69) is 15.3 Å². The van der Waals surface area contributed by atoms with Crippen LogP contribution in [-0.2, 0) is 4.74 Å². The summed E-state index contributed by atoms with van der Waals surface area (Å²) in [5, 5.41) is 19.3. The second-order valence-electron chi connectivity index (χ2n) is 5.90. The van der Waals surface area contributed by atoms with Crippen LogP contribution in [0.1, 0.15) is 33.6 Å². The maximum Gasteiger partial charge on any atom is 0.339 e. The molecule has 0 atom stereocenters.